The van der Waals surface area contributed by atoms with Crippen molar-refractivity contribution in [2.75, 3.05) is 11.1 Å². The van der Waals surface area contributed by atoms with Crippen molar-refractivity contribution in [2.24, 2.45) is 0 Å². The van der Waals surface area contributed by atoms with E-state index in [0.29, 0.717) is 22.8 Å². The molecule has 0 saturated carbocycles. The second-order valence-corrected chi connectivity index (χ2v) is 4.49. The molecule has 1 N–H and O–H groups in total. The molecule has 17 heavy (non-hydrogen) atoms. The van der Waals surface area contributed by atoms with Gasteiger partial charge in [0.25, 0.3) is 0 Å². The summed E-state index contributed by atoms with van der Waals surface area (Å²) in [5.41, 5.74) is 0.520. The van der Waals surface area contributed by atoms with E-state index in [9.17, 15) is 18.0 Å². The van der Waals surface area contributed by atoms with Crippen molar-refractivity contribution >= 4 is 23.4 Å². The lowest BCUT2D eigenvalue weighted by Gasteiger charge is -2.11. The molecule has 1 amide bonds. The van der Waals surface area contributed by atoms with Gasteiger partial charge in [-0.05, 0) is 18.2 Å². The molecule has 2 rings (SSSR count). The molecule has 1 aromatic rings. The zero-order valence-corrected chi connectivity index (χ0v) is 9.32. The maximum Gasteiger partial charge on any atom is 0.573 e. The second-order valence-electron chi connectivity index (χ2n) is 3.35. The molecule has 7 heteroatoms. The van der Waals surface area contributed by atoms with E-state index in [1.54, 1.807) is 0 Å². The van der Waals surface area contributed by atoms with Gasteiger partial charge in [-0.1, -0.05) is 0 Å². The summed E-state index contributed by atoms with van der Waals surface area (Å²) in [5.74, 6) is 0.120. The van der Waals surface area contributed by atoms with Gasteiger partial charge in [-0.3, -0.25) is 4.79 Å². The molecule has 1 heterocycles. The zero-order valence-electron chi connectivity index (χ0n) is 8.50. The first-order valence-electron chi connectivity index (χ1n) is 4.76. The Labute approximate surface area is 99.3 Å². The number of nitrogens with one attached hydrogen (secondary N) is 1. The number of rotatable bonds is 1. The minimum Gasteiger partial charge on any atom is -0.406 e. The van der Waals surface area contributed by atoms with Crippen molar-refractivity contribution in [1.82, 2.24) is 0 Å². The van der Waals surface area contributed by atoms with Crippen molar-refractivity contribution in [3.8, 4) is 5.75 Å². The van der Waals surface area contributed by atoms with Gasteiger partial charge in [0.2, 0.25) is 5.91 Å². The van der Waals surface area contributed by atoms with Gasteiger partial charge in [0.05, 0.1) is 5.69 Å². The van der Waals surface area contributed by atoms with Crippen LogP contribution in [-0.4, -0.2) is 18.0 Å². The van der Waals surface area contributed by atoms with Crippen LogP contribution in [0.15, 0.2) is 23.1 Å². The van der Waals surface area contributed by atoms with Crippen LogP contribution in [0.4, 0.5) is 18.9 Å². The molecule has 0 aromatic heterocycles. The summed E-state index contributed by atoms with van der Waals surface area (Å²) in [5, 5.41) is 2.62. The number of hydrogen-bond acceptors (Lipinski definition) is 3. The monoisotopic (exact) mass is 263 g/mol. The zero-order chi connectivity index (χ0) is 12.5. The van der Waals surface area contributed by atoms with Crippen LogP contribution in [-0.2, 0) is 4.79 Å². The van der Waals surface area contributed by atoms with E-state index in [4.69, 9.17) is 0 Å². The van der Waals surface area contributed by atoms with E-state index in [0.717, 1.165) is 0 Å². The summed E-state index contributed by atoms with van der Waals surface area (Å²) in [6.07, 6.45) is -4.36. The Hall–Kier alpha value is -1.37. The van der Waals surface area contributed by atoms with Crippen molar-refractivity contribution in [1.29, 1.82) is 0 Å². The number of hydrogen-bond donors (Lipinski definition) is 1. The highest BCUT2D eigenvalue weighted by Gasteiger charge is 2.31. The minimum absolute atomic E-state index is 0.138. The number of carbonyl (C=O) groups excluding carboxylic acids is 1. The molecule has 0 bridgehead atoms. The summed E-state index contributed by atoms with van der Waals surface area (Å²) in [4.78, 5) is 11.8. The fourth-order valence-corrected chi connectivity index (χ4v) is 2.37. The van der Waals surface area contributed by atoms with Crippen molar-refractivity contribution in [3.63, 3.8) is 0 Å². The highest BCUT2D eigenvalue weighted by Crippen LogP contribution is 2.35. The average molecular weight is 263 g/mol. The molecule has 0 aliphatic carbocycles. The number of ether oxygens (including phenoxy) is 1. The van der Waals surface area contributed by atoms with Gasteiger partial charge in [0.15, 0.2) is 0 Å². The molecule has 1 aromatic carbocycles. The van der Waals surface area contributed by atoms with Gasteiger partial charge in [-0.15, -0.1) is 24.9 Å². The molecule has 0 atom stereocenters. The standard InChI is InChI=1S/C10H8F3NO2S/c11-10(12,13)16-6-1-2-7-8(5-6)17-4-3-9(15)14-7/h1-2,5H,3-4H2,(H,14,15). The minimum atomic E-state index is -4.70. The van der Waals surface area contributed by atoms with Gasteiger partial charge < -0.3 is 10.1 Å². The second kappa shape index (κ2) is 4.48. The normalized spacial score (nSPS) is 15.8. The van der Waals surface area contributed by atoms with Crippen LogP contribution >= 0.6 is 11.8 Å². The smallest absolute Gasteiger partial charge is 0.406 e. The van der Waals surface area contributed by atoms with E-state index >= 15 is 0 Å². The van der Waals surface area contributed by atoms with Crippen LogP contribution in [0.3, 0.4) is 0 Å². The molecular weight excluding hydrogens is 255 g/mol. The van der Waals surface area contributed by atoms with Crippen LogP contribution in [0, 0.1) is 0 Å². The number of anilines is 1. The maximum atomic E-state index is 12.0. The Bertz CT molecular complexity index is 448. The first-order chi connectivity index (χ1) is 7.94. The molecule has 0 unspecified atom stereocenters. The predicted octanol–water partition coefficient (Wildman–Crippen LogP) is 3.02. The quantitative estimate of drug-likeness (QED) is 0.846. The number of halogens is 3. The van der Waals surface area contributed by atoms with Gasteiger partial charge >= 0.3 is 6.36 Å². The van der Waals surface area contributed by atoms with Gasteiger partial charge in [-0.2, -0.15) is 0 Å². The summed E-state index contributed by atoms with van der Waals surface area (Å²) < 4.78 is 39.9. The van der Waals surface area contributed by atoms with Gasteiger partial charge in [0.1, 0.15) is 5.75 Å². The van der Waals surface area contributed by atoms with Crippen molar-refractivity contribution in [2.45, 2.75) is 17.7 Å². The highest BCUT2D eigenvalue weighted by atomic mass is 32.2. The van der Waals surface area contributed by atoms with Crippen LogP contribution in [0.5, 0.6) is 5.75 Å². The lowest BCUT2D eigenvalue weighted by atomic mass is 10.3. The van der Waals surface area contributed by atoms with Crippen molar-refractivity contribution in [3.05, 3.63) is 18.2 Å². The van der Waals surface area contributed by atoms with E-state index in [1.807, 2.05) is 0 Å². The third kappa shape index (κ3) is 3.29. The Balaban J connectivity index is 2.24. The van der Waals surface area contributed by atoms with Crippen LogP contribution in [0.1, 0.15) is 6.42 Å². The number of amides is 1. The molecule has 0 fully saturated rings. The van der Waals surface area contributed by atoms with Gasteiger partial charge in [0, 0.05) is 17.1 Å². The number of benzene rings is 1. The summed E-state index contributed by atoms with van der Waals surface area (Å²) in [7, 11) is 0. The molecule has 0 spiro atoms. The lowest BCUT2D eigenvalue weighted by molar-refractivity contribution is -0.274. The van der Waals surface area contributed by atoms with E-state index in [1.165, 1.54) is 30.0 Å². The molecular formula is C10H8F3NO2S. The lowest BCUT2D eigenvalue weighted by Crippen LogP contribution is -2.17. The third-order valence-electron chi connectivity index (χ3n) is 2.05. The van der Waals surface area contributed by atoms with E-state index in [2.05, 4.69) is 10.1 Å². The maximum absolute atomic E-state index is 12.0. The summed E-state index contributed by atoms with van der Waals surface area (Å²) >= 11 is 1.32. The molecule has 0 radical (unpaired) electrons. The van der Waals surface area contributed by atoms with Crippen molar-refractivity contribution < 1.29 is 22.7 Å². The number of thioether (sulfide) groups is 1. The summed E-state index contributed by atoms with van der Waals surface area (Å²) in [6, 6.07) is 3.87. The first kappa shape index (κ1) is 12.1. The molecule has 1 aliphatic heterocycles. The molecule has 0 saturated heterocycles. The third-order valence-corrected chi connectivity index (χ3v) is 3.10. The van der Waals surface area contributed by atoms with Crippen LogP contribution in [0.2, 0.25) is 0 Å². The number of alkyl halides is 3. The van der Waals surface area contributed by atoms with Crippen LogP contribution < -0.4 is 10.1 Å². The Morgan fingerprint density at radius 2 is 2.12 bits per heavy atom. The fraction of sp³-hybridized carbons (Fsp3) is 0.300. The average Bonchev–Trinajstić information content (AvgIpc) is 2.36. The first-order valence-corrected chi connectivity index (χ1v) is 5.75. The van der Waals surface area contributed by atoms with Gasteiger partial charge in [-0.25, -0.2) is 0 Å². The fourth-order valence-electron chi connectivity index (χ4n) is 1.39. The molecule has 1 aliphatic rings. The van der Waals surface area contributed by atoms with E-state index < -0.39 is 6.36 Å². The Morgan fingerprint density at radius 3 is 2.82 bits per heavy atom. The predicted molar refractivity (Wildman–Crippen MR) is 57.1 cm³/mol. The van der Waals surface area contributed by atoms with E-state index in [-0.39, 0.29) is 11.7 Å². The van der Waals surface area contributed by atoms with Crippen LogP contribution in [0.25, 0.3) is 0 Å². The molecule has 92 valence electrons. The summed E-state index contributed by atoms with van der Waals surface area (Å²) in [6.45, 7) is 0. The largest absolute Gasteiger partial charge is 0.573 e. The number of carbonyl (C=O) groups is 1. The Kier molecular flexibility index (Phi) is 3.19. The highest BCUT2D eigenvalue weighted by molar-refractivity contribution is 7.99. The topological polar surface area (TPSA) is 38.3 Å². The number of fused-ring (bicyclic) bond motifs is 1. The Morgan fingerprint density at radius 1 is 1.35 bits per heavy atom. The molecule has 3 nitrogen and oxygen atoms in total. The SMILES string of the molecule is O=C1CCSc2cc(OC(F)(F)F)ccc2N1.